The van der Waals surface area contributed by atoms with Crippen LogP contribution < -0.4 is 61.1 Å². The van der Waals surface area contributed by atoms with Crippen LogP contribution in [0.1, 0.15) is 55.8 Å². The monoisotopic (exact) mass is 977 g/mol. The average Bonchev–Trinajstić information content (AvgIpc) is 3.87. The summed E-state index contributed by atoms with van der Waals surface area (Å²) in [6.45, 7) is -0.901. The molecule has 0 aromatic heterocycles. The summed E-state index contributed by atoms with van der Waals surface area (Å²) < 4.78 is 24.2. The van der Waals surface area contributed by atoms with Crippen LogP contribution in [-0.2, 0) is 50.0 Å². The number of anilines is 4. The Morgan fingerprint density at radius 2 is 1.22 bits per heavy atom. The number of ether oxygens (including phenoxy) is 4. The summed E-state index contributed by atoms with van der Waals surface area (Å²) in [5.41, 5.74) is 12.3. The van der Waals surface area contributed by atoms with Gasteiger partial charge in [0.1, 0.15) is 13.2 Å². The minimum Gasteiger partial charge on any atom is -0.493 e. The highest BCUT2D eigenvalue weighted by Crippen LogP contribution is 2.43. The van der Waals surface area contributed by atoms with Gasteiger partial charge in [0, 0.05) is 61.2 Å². The van der Waals surface area contributed by atoms with Crippen molar-refractivity contribution in [1.82, 2.24) is 16.0 Å². The van der Waals surface area contributed by atoms with Crippen molar-refractivity contribution < 1.29 is 52.5 Å². The Morgan fingerprint density at radius 3 is 1.88 bits per heavy atom. The molecule has 0 bridgehead atoms. The Morgan fingerprint density at radius 1 is 0.653 bits per heavy atom. The summed E-state index contributed by atoms with van der Waals surface area (Å²) in [5.74, 6) is -2.18. The van der Waals surface area contributed by atoms with E-state index in [0.29, 0.717) is 75.3 Å². The molecule has 7 N–H and O–H groups in total. The highest BCUT2D eigenvalue weighted by molar-refractivity contribution is 6.15. The third-order valence-corrected chi connectivity index (χ3v) is 12.5. The van der Waals surface area contributed by atoms with Crippen molar-refractivity contribution in [2.45, 2.75) is 51.0 Å². The molecule has 0 spiro atoms. The fraction of sp³-hybridized carbons (Fsp3) is 0.269. The molecular weight excluding hydrogens is 927 g/mol. The molecule has 4 heterocycles. The lowest BCUT2D eigenvalue weighted by Gasteiger charge is -2.22. The molecular formula is C52H51N9O11. The number of fused-ring (bicyclic) bond motifs is 8. The first-order valence-corrected chi connectivity index (χ1v) is 23.2. The number of carbonyl (C=O) groups excluding carboxylic acids is 7. The number of amides is 7. The third-order valence-electron chi connectivity index (χ3n) is 12.5. The molecule has 5 aromatic carbocycles. The number of hydrogen-bond donors (Lipinski definition) is 6. The lowest BCUT2D eigenvalue weighted by Crippen LogP contribution is -2.43. The van der Waals surface area contributed by atoms with E-state index in [0.717, 1.165) is 28.9 Å². The Hall–Kier alpha value is -8.94. The van der Waals surface area contributed by atoms with E-state index in [9.17, 15) is 33.6 Å². The van der Waals surface area contributed by atoms with Gasteiger partial charge in [0.2, 0.25) is 29.5 Å². The van der Waals surface area contributed by atoms with Crippen LogP contribution in [0, 0.1) is 0 Å². The first-order valence-electron chi connectivity index (χ1n) is 23.2. The van der Waals surface area contributed by atoms with E-state index >= 15 is 0 Å². The van der Waals surface area contributed by atoms with Crippen molar-refractivity contribution in [2.75, 3.05) is 60.8 Å². The van der Waals surface area contributed by atoms with Crippen LogP contribution in [0.3, 0.4) is 0 Å². The SMILES string of the molecule is COc1cc2c(cc1OCc1cc(COc3cc4c(cc3OC)C(=O)N3c5ccccc5C[C@H]3CN4)cc(NC(=O)CNC(=O)CNC(=O)CNC(=O)CCC(N)=O)c1)N=C[C@@H]1Cc3ccccc3N1C2=O. The molecule has 4 aliphatic heterocycles. The number of hydrogen-bond acceptors (Lipinski definition) is 13. The van der Waals surface area contributed by atoms with Gasteiger partial charge in [-0.3, -0.25) is 43.5 Å². The highest BCUT2D eigenvalue weighted by Gasteiger charge is 2.39. The molecule has 20 heteroatoms. The zero-order valence-electron chi connectivity index (χ0n) is 39.4. The maximum atomic E-state index is 14.1. The van der Waals surface area contributed by atoms with Crippen LogP contribution in [0.2, 0.25) is 0 Å². The quantitative estimate of drug-likeness (QED) is 0.0735. The normalized spacial score (nSPS) is 15.7. The summed E-state index contributed by atoms with van der Waals surface area (Å²) in [6.07, 6.45) is 2.78. The Balaban J connectivity index is 0.909. The number of para-hydroxylation sites is 2. The largest absolute Gasteiger partial charge is 0.493 e. The fourth-order valence-corrected chi connectivity index (χ4v) is 9.12. The van der Waals surface area contributed by atoms with Crippen molar-refractivity contribution in [3.05, 3.63) is 124 Å². The van der Waals surface area contributed by atoms with Crippen molar-refractivity contribution in [1.29, 1.82) is 0 Å². The summed E-state index contributed by atoms with van der Waals surface area (Å²) in [4.78, 5) is 97.1. The van der Waals surface area contributed by atoms with E-state index in [1.165, 1.54) is 14.2 Å². The molecule has 370 valence electrons. The summed E-state index contributed by atoms with van der Waals surface area (Å²) in [7, 11) is 2.97. The summed E-state index contributed by atoms with van der Waals surface area (Å²) in [5, 5.41) is 13.4. The first kappa shape index (κ1) is 48.1. The van der Waals surface area contributed by atoms with E-state index < -0.39 is 49.2 Å². The van der Waals surface area contributed by atoms with Crippen LogP contribution in [0.25, 0.3) is 0 Å². The van der Waals surface area contributed by atoms with Gasteiger partial charge in [0.25, 0.3) is 11.8 Å². The molecule has 72 heavy (non-hydrogen) atoms. The Labute approximate surface area is 413 Å². The first-order chi connectivity index (χ1) is 34.8. The molecule has 0 fully saturated rings. The topological polar surface area (TPSA) is 261 Å². The van der Waals surface area contributed by atoms with Crippen LogP contribution >= 0.6 is 0 Å². The maximum Gasteiger partial charge on any atom is 0.261 e. The van der Waals surface area contributed by atoms with Gasteiger partial charge in [-0.2, -0.15) is 0 Å². The average molecular weight is 978 g/mol. The minimum absolute atomic E-state index is 0.0241. The van der Waals surface area contributed by atoms with Crippen molar-refractivity contribution in [2.24, 2.45) is 10.7 Å². The van der Waals surface area contributed by atoms with Crippen LogP contribution in [-0.4, -0.2) is 100 Å². The highest BCUT2D eigenvalue weighted by atomic mass is 16.5. The molecule has 0 saturated carbocycles. The lowest BCUT2D eigenvalue weighted by molar-refractivity contribution is -0.128. The second-order valence-electron chi connectivity index (χ2n) is 17.4. The standard InChI is InChI=1S/C52H51N9O11/c1-69-42-18-36-38(54-22-34-16-31-7-3-5-9-40(31)60(34)51(36)67)20-44(42)71-27-29-13-30(15-33(14-29)59-50(66)26-58-49(65)25-57-48(64)24-56-47(63)12-11-46(53)62)28-72-45-21-39-37(19-43(45)70-2)52(68)61-35(23-55-39)17-32-8-4-6-10-41(32)61/h3-10,13-15,18-22,34-35,55H,11-12,16-17,23-28H2,1-2H3,(H2,53,62)(H,56,63)(H,57,64)(H,58,65)(H,59,66)/t34-,35-/m0/s1. The zero-order valence-corrected chi connectivity index (χ0v) is 39.4. The van der Waals surface area contributed by atoms with Crippen LogP contribution in [0.15, 0.2) is 96.0 Å². The van der Waals surface area contributed by atoms with E-state index in [-0.39, 0.29) is 50.0 Å². The van der Waals surface area contributed by atoms with Gasteiger partial charge in [-0.15, -0.1) is 0 Å². The molecule has 7 amide bonds. The molecule has 0 unspecified atom stereocenters. The third kappa shape index (κ3) is 10.5. The molecule has 5 aromatic rings. The number of nitrogens with one attached hydrogen (secondary N) is 5. The van der Waals surface area contributed by atoms with E-state index in [4.69, 9.17) is 29.7 Å². The number of nitrogens with zero attached hydrogens (tertiary/aromatic N) is 3. The minimum atomic E-state index is -0.670. The Bertz CT molecular complexity index is 3050. The van der Waals surface area contributed by atoms with Crippen LogP contribution in [0.5, 0.6) is 23.0 Å². The van der Waals surface area contributed by atoms with E-state index in [1.54, 1.807) is 47.5 Å². The molecule has 2 atom stereocenters. The number of nitrogens with two attached hydrogens (primary N) is 1. The number of rotatable bonds is 18. The lowest BCUT2D eigenvalue weighted by atomic mass is 10.1. The van der Waals surface area contributed by atoms with Crippen molar-refractivity contribution in [3.63, 3.8) is 0 Å². The zero-order chi connectivity index (χ0) is 50.5. The second kappa shape index (κ2) is 21.0. The van der Waals surface area contributed by atoms with Gasteiger partial charge in [-0.25, -0.2) is 0 Å². The van der Waals surface area contributed by atoms with Crippen molar-refractivity contribution in [3.8, 4) is 23.0 Å². The fourth-order valence-electron chi connectivity index (χ4n) is 9.12. The van der Waals surface area contributed by atoms with Gasteiger partial charge < -0.3 is 56.2 Å². The van der Waals surface area contributed by atoms with E-state index in [2.05, 4.69) is 26.6 Å². The molecule has 0 radical (unpaired) electrons. The number of methoxy groups -OCH3 is 2. The molecule has 9 rings (SSSR count). The van der Waals surface area contributed by atoms with Gasteiger partial charge in [0.05, 0.1) is 68.4 Å². The maximum absolute atomic E-state index is 14.1. The number of carbonyl (C=O) groups is 7. The number of aliphatic imine (C=N–C) groups is 1. The second-order valence-corrected chi connectivity index (χ2v) is 17.4. The predicted octanol–water partition coefficient (Wildman–Crippen LogP) is 3.70. The van der Waals surface area contributed by atoms with E-state index in [1.807, 2.05) is 59.5 Å². The summed E-state index contributed by atoms with van der Waals surface area (Å²) >= 11 is 0. The smallest absolute Gasteiger partial charge is 0.261 e. The van der Waals surface area contributed by atoms with Crippen LogP contribution in [0.4, 0.5) is 28.4 Å². The number of benzene rings is 5. The summed E-state index contributed by atoms with van der Waals surface area (Å²) in [6, 6.07) is 27.2. The molecule has 0 aliphatic carbocycles. The predicted molar refractivity (Wildman–Crippen MR) is 265 cm³/mol. The number of primary amides is 1. The molecule has 20 nitrogen and oxygen atoms in total. The molecule has 4 aliphatic rings. The molecule has 0 saturated heterocycles. The Kier molecular flexibility index (Phi) is 14.0. The van der Waals surface area contributed by atoms with Gasteiger partial charge >= 0.3 is 0 Å². The van der Waals surface area contributed by atoms with Gasteiger partial charge in [0.15, 0.2) is 23.0 Å². The van der Waals surface area contributed by atoms with Crippen molar-refractivity contribution >= 4 is 76.0 Å². The van der Waals surface area contributed by atoms with Gasteiger partial charge in [-0.1, -0.05) is 36.4 Å². The van der Waals surface area contributed by atoms with Gasteiger partial charge in [-0.05, 0) is 71.1 Å².